The van der Waals surface area contributed by atoms with E-state index >= 15 is 0 Å². The van der Waals surface area contributed by atoms with Crippen LogP contribution in [-0.4, -0.2) is 59.0 Å². The highest BCUT2D eigenvalue weighted by atomic mass is 32.2. The molecule has 0 unspecified atom stereocenters. The van der Waals surface area contributed by atoms with Crippen molar-refractivity contribution in [3.05, 3.63) is 0 Å². The zero-order valence-corrected chi connectivity index (χ0v) is 14.1. The van der Waals surface area contributed by atoms with Gasteiger partial charge in [0.1, 0.15) is 0 Å². The van der Waals surface area contributed by atoms with E-state index in [1.807, 2.05) is 5.16 Å². The van der Waals surface area contributed by atoms with Gasteiger partial charge in [0.05, 0.1) is 11.7 Å². The van der Waals surface area contributed by atoms with Gasteiger partial charge in [-0.1, -0.05) is 0 Å². The van der Waals surface area contributed by atoms with Crippen LogP contribution in [0.1, 0.15) is 6.42 Å². The van der Waals surface area contributed by atoms with Crippen LogP contribution in [0.25, 0.3) is 0 Å². The van der Waals surface area contributed by atoms with E-state index in [-0.39, 0.29) is 12.3 Å². The summed E-state index contributed by atoms with van der Waals surface area (Å²) < 4.78 is 166. The summed E-state index contributed by atoms with van der Waals surface area (Å²) in [5.41, 5.74) is 0. The third kappa shape index (κ3) is 4.81. The van der Waals surface area contributed by atoms with Crippen LogP contribution in [0.2, 0.25) is 0 Å². The molecule has 0 aliphatic rings. The summed E-state index contributed by atoms with van der Waals surface area (Å²) in [6.45, 7) is -0.137. The van der Waals surface area contributed by atoms with Crippen LogP contribution in [0.4, 0.5) is 57.1 Å². The predicted molar refractivity (Wildman–Crippen MR) is 72.6 cm³/mol. The first-order valence-corrected chi connectivity index (χ1v) is 7.94. The first kappa shape index (κ1) is 26.2. The molecule has 0 saturated carbocycles. The van der Waals surface area contributed by atoms with Crippen molar-refractivity contribution in [3.8, 4) is 0 Å². The molecule has 1 nitrogen and oxygen atoms in total. The molecule has 0 N–H and O–H groups in total. The number of halogens is 13. The highest BCUT2D eigenvalue weighted by Gasteiger charge is 2.90. The van der Waals surface area contributed by atoms with E-state index in [0.717, 1.165) is 0 Å². The number of nitrogens with zero attached hydrogens (tertiary/aromatic N) is 1. The molecule has 0 bridgehead atoms. The summed E-state index contributed by atoms with van der Waals surface area (Å²) in [7, 11) is 0. The number of thioether (sulfide) groups is 1. The second-order valence-corrected chi connectivity index (χ2v) is 6.24. The van der Waals surface area contributed by atoms with Gasteiger partial charge in [-0.3, -0.25) is 0 Å². The largest absolute Gasteiger partial charge is 0.460 e. The van der Waals surface area contributed by atoms with Gasteiger partial charge in [0.2, 0.25) is 0 Å². The molecule has 0 amide bonds. The van der Waals surface area contributed by atoms with Crippen LogP contribution in [0.3, 0.4) is 0 Å². The normalized spacial score (nSPS) is 14.9. The van der Waals surface area contributed by atoms with E-state index in [1.54, 1.807) is 0 Å². The molecule has 0 fully saturated rings. The van der Waals surface area contributed by atoms with E-state index in [4.69, 9.17) is 0 Å². The third-order valence-corrected chi connectivity index (χ3v) is 4.06. The van der Waals surface area contributed by atoms with Crippen molar-refractivity contribution in [2.75, 3.05) is 18.1 Å². The molecule has 0 aliphatic carbocycles. The molecule has 0 aliphatic heterocycles. The quantitative estimate of drug-likeness (QED) is 0.171. The Bertz CT molecular complexity index is 551. The highest BCUT2D eigenvalue weighted by Crippen LogP contribution is 2.60. The van der Waals surface area contributed by atoms with Crippen molar-refractivity contribution in [3.63, 3.8) is 0 Å². The van der Waals surface area contributed by atoms with E-state index in [9.17, 15) is 57.1 Å². The van der Waals surface area contributed by atoms with Gasteiger partial charge in [-0.2, -0.15) is 68.8 Å². The number of isothiocyanates is 1. The monoisotopic (exact) mass is 465 g/mol. The molecule has 0 atom stereocenters. The van der Waals surface area contributed by atoms with Crippen molar-refractivity contribution in [1.82, 2.24) is 0 Å². The molecule has 0 saturated heterocycles. The molecular formula is C11H8F13NS2. The Morgan fingerprint density at radius 2 is 1.11 bits per heavy atom. The van der Waals surface area contributed by atoms with Crippen molar-refractivity contribution in [2.45, 2.75) is 42.2 Å². The lowest BCUT2D eigenvalue weighted by Crippen LogP contribution is -2.70. The number of aliphatic imine (C=N–C) groups is 1. The topological polar surface area (TPSA) is 12.4 Å². The minimum Gasteiger partial charge on any atom is -0.232 e. The van der Waals surface area contributed by atoms with Crippen LogP contribution in [0.15, 0.2) is 4.99 Å². The zero-order valence-electron chi connectivity index (χ0n) is 12.5. The van der Waals surface area contributed by atoms with Gasteiger partial charge in [-0.05, 0) is 18.0 Å². The fourth-order valence-electron chi connectivity index (χ4n) is 1.42. The smallest absolute Gasteiger partial charge is 0.232 e. The average Bonchev–Trinajstić information content (AvgIpc) is 2.48. The summed E-state index contributed by atoms with van der Waals surface area (Å²) in [4.78, 5) is 3.28. The first-order valence-electron chi connectivity index (χ1n) is 6.38. The fourth-order valence-corrected chi connectivity index (χ4v) is 2.33. The Labute approximate surface area is 152 Å². The van der Waals surface area contributed by atoms with Crippen LogP contribution < -0.4 is 0 Å². The van der Waals surface area contributed by atoms with E-state index in [0.29, 0.717) is 11.8 Å². The summed E-state index contributed by atoms with van der Waals surface area (Å²) in [5, 5.41) is 1.84. The van der Waals surface area contributed by atoms with Gasteiger partial charge in [0, 0.05) is 12.2 Å². The second kappa shape index (κ2) is 8.31. The highest BCUT2D eigenvalue weighted by molar-refractivity contribution is 7.99. The molecule has 0 aromatic carbocycles. The summed E-state index contributed by atoms with van der Waals surface area (Å²) in [6.07, 6.45) is -9.61. The van der Waals surface area contributed by atoms with Crippen LogP contribution >= 0.6 is 24.0 Å². The first-order chi connectivity index (χ1) is 11.8. The standard InChI is InChI=1S/C11H8F13NS2/c12-6(13,1-3-27-4-2-25-5-26)7(14,15)8(16,17)9(18,19)10(20,21)11(22,23)24/h1-4H2. The second-order valence-electron chi connectivity index (χ2n) is 4.84. The van der Waals surface area contributed by atoms with Crippen molar-refractivity contribution < 1.29 is 57.1 Å². The van der Waals surface area contributed by atoms with Gasteiger partial charge < -0.3 is 0 Å². The number of hydrogen-bond donors (Lipinski definition) is 0. The lowest BCUT2D eigenvalue weighted by molar-refractivity contribution is -0.439. The number of thiocarbonyl (C=S) groups is 1. The van der Waals surface area contributed by atoms with Gasteiger partial charge in [0.15, 0.2) is 0 Å². The SMILES string of the molecule is FC(F)(F)C(F)(F)C(F)(F)C(F)(F)C(F)(F)C(F)(F)CCSCCN=C=S. The zero-order chi connectivity index (χ0) is 21.9. The Kier molecular flexibility index (Phi) is 8.08. The van der Waals surface area contributed by atoms with Crippen LogP contribution in [0, 0.1) is 0 Å². The summed E-state index contributed by atoms with van der Waals surface area (Å²) >= 11 is 4.54. The van der Waals surface area contributed by atoms with Crippen LogP contribution in [0.5, 0.6) is 0 Å². The molecule has 27 heavy (non-hydrogen) atoms. The minimum absolute atomic E-state index is 0.137. The molecular weight excluding hydrogens is 457 g/mol. The maximum absolute atomic E-state index is 13.3. The Morgan fingerprint density at radius 1 is 0.667 bits per heavy atom. The van der Waals surface area contributed by atoms with E-state index in [2.05, 4.69) is 17.2 Å². The summed E-state index contributed by atoms with van der Waals surface area (Å²) in [6, 6.07) is 0. The van der Waals surface area contributed by atoms with Crippen molar-refractivity contribution in [1.29, 1.82) is 0 Å². The molecule has 0 aromatic heterocycles. The lowest BCUT2D eigenvalue weighted by atomic mass is 9.93. The molecule has 0 aromatic rings. The fraction of sp³-hybridized carbons (Fsp3) is 0.909. The number of hydrogen-bond acceptors (Lipinski definition) is 3. The molecule has 0 rings (SSSR count). The number of alkyl halides is 13. The van der Waals surface area contributed by atoms with Crippen molar-refractivity contribution in [2.24, 2.45) is 4.99 Å². The molecule has 0 spiro atoms. The summed E-state index contributed by atoms with van der Waals surface area (Å²) in [5.74, 6) is -37.7. The van der Waals surface area contributed by atoms with Crippen LogP contribution in [-0.2, 0) is 0 Å². The Balaban J connectivity index is 5.58. The Hall–Kier alpha value is -0.760. The molecule has 0 heterocycles. The maximum atomic E-state index is 13.3. The van der Waals surface area contributed by atoms with Gasteiger partial charge in [-0.15, -0.1) is 0 Å². The van der Waals surface area contributed by atoms with E-state index < -0.39 is 48.0 Å². The maximum Gasteiger partial charge on any atom is 0.460 e. The van der Waals surface area contributed by atoms with Gasteiger partial charge >= 0.3 is 35.8 Å². The number of rotatable bonds is 10. The third-order valence-electron chi connectivity index (χ3n) is 2.97. The predicted octanol–water partition coefficient (Wildman–Crippen LogP) is 5.95. The van der Waals surface area contributed by atoms with E-state index in [1.165, 1.54) is 0 Å². The average molecular weight is 465 g/mol. The molecule has 160 valence electrons. The molecule has 0 radical (unpaired) electrons. The molecule has 16 heteroatoms. The van der Waals surface area contributed by atoms with Crippen molar-refractivity contribution >= 4 is 29.1 Å². The lowest BCUT2D eigenvalue weighted by Gasteiger charge is -2.39. The van der Waals surface area contributed by atoms with Gasteiger partial charge in [-0.25, -0.2) is 4.99 Å². The minimum atomic E-state index is -7.85. The van der Waals surface area contributed by atoms with Gasteiger partial charge in [0.25, 0.3) is 0 Å². The Morgan fingerprint density at radius 3 is 1.52 bits per heavy atom.